The van der Waals surface area contributed by atoms with Crippen molar-refractivity contribution >= 4 is 53.6 Å². The first-order valence-corrected chi connectivity index (χ1v) is 9.36. The van der Waals surface area contributed by atoms with E-state index in [4.69, 9.17) is 0 Å². The number of nitrogens with one attached hydrogen (secondary N) is 3. The fourth-order valence-corrected chi connectivity index (χ4v) is 4.19. The highest BCUT2D eigenvalue weighted by Crippen LogP contribution is 2.28. The minimum atomic E-state index is -0.313. The van der Waals surface area contributed by atoms with Gasteiger partial charge in [-0.1, -0.05) is 13.3 Å². The van der Waals surface area contributed by atoms with Crippen LogP contribution in [-0.2, 0) is 4.79 Å². The highest BCUT2D eigenvalue weighted by molar-refractivity contribution is 14.0. The maximum Gasteiger partial charge on any atom is 0.324 e. The molecule has 2 rings (SSSR count). The van der Waals surface area contributed by atoms with Crippen LogP contribution in [-0.4, -0.2) is 66.5 Å². The number of carbonyl (C=O) groups is 2. The molecule has 0 aromatic carbocycles. The Morgan fingerprint density at radius 3 is 2.83 bits per heavy atom. The van der Waals surface area contributed by atoms with E-state index < -0.39 is 0 Å². The van der Waals surface area contributed by atoms with Gasteiger partial charge in [-0.2, -0.15) is 11.8 Å². The molecule has 1 aliphatic heterocycles. The molecule has 1 saturated carbocycles. The van der Waals surface area contributed by atoms with Crippen molar-refractivity contribution in [3.05, 3.63) is 0 Å². The normalized spacial score (nSPS) is 24.4. The summed E-state index contributed by atoms with van der Waals surface area (Å²) in [6.07, 6.45) is 4.87. The second kappa shape index (κ2) is 11.0. The Labute approximate surface area is 165 Å². The lowest BCUT2D eigenvalue weighted by atomic mass is 9.95. The summed E-state index contributed by atoms with van der Waals surface area (Å²) in [6.45, 7) is 3.16. The van der Waals surface area contributed by atoms with Gasteiger partial charge in [0.25, 0.3) is 0 Å². The molecule has 138 valence electrons. The van der Waals surface area contributed by atoms with Crippen LogP contribution in [0.15, 0.2) is 4.99 Å². The van der Waals surface area contributed by atoms with Crippen LogP contribution in [0.1, 0.15) is 32.6 Å². The van der Waals surface area contributed by atoms with Gasteiger partial charge in [0, 0.05) is 31.4 Å². The number of hydrogen-bond acceptors (Lipinski definition) is 4. The predicted molar refractivity (Wildman–Crippen MR) is 109 cm³/mol. The summed E-state index contributed by atoms with van der Waals surface area (Å²) in [7, 11) is 1.74. The summed E-state index contributed by atoms with van der Waals surface area (Å²) in [5.74, 6) is 1.73. The Hall–Kier alpha value is -0.710. The van der Waals surface area contributed by atoms with Gasteiger partial charge in [0.05, 0.1) is 6.54 Å². The van der Waals surface area contributed by atoms with Crippen molar-refractivity contribution in [2.24, 2.45) is 4.99 Å². The maximum absolute atomic E-state index is 11.5. The summed E-state index contributed by atoms with van der Waals surface area (Å²) >= 11 is 2.04. The van der Waals surface area contributed by atoms with Gasteiger partial charge < -0.3 is 16.0 Å². The van der Waals surface area contributed by atoms with E-state index in [9.17, 15) is 9.59 Å². The lowest BCUT2D eigenvalue weighted by molar-refractivity contribution is -0.124. The van der Waals surface area contributed by atoms with Crippen molar-refractivity contribution in [2.75, 3.05) is 32.4 Å². The molecule has 0 bridgehead atoms. The second-order valence-corrected chi connectivity index (χ2v) is 7.37. The van der Waals surface area contributed by atoms with Crippen LogP contribution in [0.4, 0.5) is 4.79 Å². The van der Waals surface area contributed by atoms with E-state index in [0.29, 0.717) is 19.1 Å². The number of halogens is 1. The number of aliphatic imine (C=N–C) groups is 1. The summed E-state index contributed by atoms with van der Waals surface area (Å²) in [5, 5.41) is 9.90. The third kappa shape index (κ3) is 6.30. The van der Waals surface area contributed by atoms with Crippen LogP contribution in [0, 0.1) is 0 Å². The molecule has 3 N–H and O–H groups in total. The number of carbonyl (C=O) groups excluding carboxylic acids is 2. The van der Waals surface area contributed by atoms with Gasteiger partial charge in [-0.15, -0.1) is 24.0 Å². The van der Waals surface area contributed by atoms with E-state index in [1.165, 1.54) is 17.7 Å². The number of urea groups is 1. The van der Waals surface area contributed by atoms with E-state index >= 15 is 0 Å². The van der Waals surface area contributed by atoms with Crippen molar-refractivity contribution in [2.45, 2.75) is 43.9 Å². The summed E-state index contributed by atoms with van der Waals surface area (Å²) < 4.78 is 0. The number of amides is 3. The Morgan fingerprint density at radius 1 is 1.42 bits per heavy atom. The first-order valence-electron chi connectivity index (χ1n) is 8.31. The molecule has 1 heterocycles. The number of guanidine groups is 1. The first-order chi connectivity index (χ1) is 11.1. The quantitative estimate of drug-likeness (QED) is 0.237. The number of nitrogens with zero attached hydrogens (tertiary/aromatic N) is 2. The van der Waals surface area contributed by atoms with Crippen molar-refractivity contribution in [3.63, 3.8) is 0 Å². The maximum atomic E-state index is 11.5. The molecule has 2 fully saturated rings. The van der Waals surface area contributed by atoms with Crippen LogP contribution in [0.5, 0.6) is 0 Å². The van der Waals surface area contributed by atoms with E-state index in [1.807, 2.05) is 11.8 Å². The number of thioether (sulfide) groups is 1. The summed E-state index contributed by atoms with van der Waals surface area (Å²) in [6, 6.07) is 0.127. The van der Waals surface area contributed by atoms with E-state index in [-0.39, 0.29) is 42.5 Å². The lowest BCUT2D eigenvalue weighted by Gasteiger charge is -2.30. The van der Waals surface area contributed by atoms with Crippen LogP contribution in [0.3, 0.4) is 0 Å². The molecule has 1 saturated heterocycles. The highest BCUT2D eigenvalue weighted by atomic mass is 127. The zero-order valence-corrected chi connectivity index (χ0v) is 17.5. The largest absolute Gasteiger partial charge is 0.355 e. The third-order valence-electron chi connectivity index (χ3n) is 4.16. The Morgan fingerprint density at radius 2 is 2.21 bits per heavy atom. The van der Waals surface area contributed by atoms with Crippen molar-refractivity contribution in [1.29, 1.82) is 0 Å². The van der Waals surface area contributed by atoms with E-state index in [0.717, 1.165) is 29.8 Å². The second-order valence-electron chi connectivity index (χ2n) is 5.79. The fraction of sp³-hybridized carbons (Fsp3) is 0.800. The molecule has 1 aliphatic carbocycles. The minimum Gasteiger partial charge on any atom is -0.355 e. The summed E-state index contributed by atoms with van der Waals surface area (Å²) in [5.41, 5.74) is 0. The van der Waals surface area contributed by atoms with Gasteiger partial charge in [-0.25, -0.2) is 4.79 Å². The fourth-order valence-electron chi connectivity index (χ4n) is 3.02. The molecule has 9 heteroatoms. The van der Waals surface area contributed by atoms with Gasteiger partial charge in [-0.3, -0.25) is 14.7 Å². The summed E-state index contributed by atoms with van der Waals surface area (Å²) in [4.78, 5) is 28.4. The van der Waals surface area contributed by atoms with Crippen molar-refractivity contribution in [3.8, 4) is 0 Å². The average molecular weight is 469 g/mol. The van der Waals surface area contributed by atoms with Crippen molar-refractivity contribution in [1.82, 2.24) is 20.9 Å². The third-order valence-corrected chi connectivity index (χ3v) is 5.39. The van der Waals surface area contributed by atoms with Crippen LogP contribution in [0.25, 0.3) is 0 Å². The Kier molecular flexibility index (Phi) is 9.79. The molecule has 2 aliphatic rings. The standard InChI is InChI=1S/C15H27N5O2S.HI/c1-3-23-12-6-4-5-11(9-12)19-14(16-2)17-7-8-20-13(21)10-18-15(20)22;/h11-12H,3-10H2,1-2H3,(H,18,22)(H2,16,17,19);1H. The molecule has 2 atom stereocenters. The van der Waals surface area contributed by atoms with Gasteiger partial charge in [-0.05, 0) is 25.0 Å². The van der Waals surface area contributed by atoms with Crippen LogP contribution >= 0.6 is 35.7 Å². The minimum absolute atomic E-state index is 0. The molecule has 0 aromatic rings. The molecule has 7 nitrogen and oxygen atoms in total. The lowest BCUT2D eigenvalue weighted by Crippen LogP contribution is -2.48. The Bertz CT molecular complexity index is 445. The van der Waals surface area contributed by atoms with Crippen LogP contribution in [0.2, 0.25) is 0 Å². The molecule has 24 heavy (non-hydrogen) atoms. The predicted octanol–water partition coefficient (Wildman–Crippen LogP) is 1.39. The smallest absolute Gasteiger partial charge is 0.324 e. The molecular weight excluding hydrogens is 441 g/mol. The average Bonchev–Trinajstić information content (AvgIpc) is 2.86. The molecule has 0 radical (unpaired) electrons. The van der Waals surface area contributed by atoms with Gasteiger partial charge in [0.2, 0.25) is 5.91 Å². The zero-order valence-electron chi connectivity index (χ0n) is 14.3. The zero-order chi connectivity index (χ0) is 16.7. The molecule has 0 aromatic heterocycles. The van der Waals surface area contributed by atoms with Gasteiger partial charge in [0.1, 0.15) is 0 Å². The topological polar surface area (TPSA) is 85.8 Å². The number of hydrogen-bond donors (Lipinski definition) is 3. The van der Waals surface area contributed by atoms with Crippen molar-refractivity contribution < 1.29 is 9.59 Å². The SMILES string of the molecule is CCSC1CCCC(NC(=NC)NCCN2C(=O)CNC2=O)C1.I. The van der Waals surface area contributed by atoms with Gasteiger partial charge in [0.15, 0.2) is 5.96 Å². The van der Waals surface area contributed by atoms with E-state index in [2.05, 4.69) is 27.9 Å². The van der Waals surface area contributed by atoms with Crippen LogP contribution < -0.4 is 16.0 Å². The monoisotopic (exact) mass is 469 g/mol. The first kappa shape index (κ1) is 21.3. The number of imide groups is 1. The number of rotatable bonds is 6. The molecule has 0 spiro atoms. The highest BCUT2D eigenvalue weighted by Gasteiger charge is 2.28. The van der Waals surface area contributed by atoms with Gasteiger partial charge >= 0.3 is 6.03 Å². The molecule has 3 amide bonds. The Balaban J connectivity index is 0.00000288. The van der Waals surface area contributed by atoms with E-state index in [1.54, 1.807) is 7.05 Å². The molecule has 2 unspecified atom stereocenters. The molecular formula is C15H28IN5O2S.